The van der Waals surface area contributed by atoms with E-state index in [0.29, 0.717) is 11.4 Å². The number of nitrogens with one attached hydrogen (secondary N) is 1. The Labute approximate surface area is 77.7 Å². The molecule has 1 N–H and O–H groups in total. The van der Waals surface area contributed by atoms with Gasteiger partial charge in [0.1, 0.15) is 5.03 Å². The van der Waals surface area contributed by atoms with E-state index in [0.717, 1.165) is 5.03 Å². The van der Waals surface area contributed by atoms with Gasteiger partial charge in [0.25, 0.3) is 0 Å². The van der Waals surface area contributed by atoms with Crippen molar-refractivity contribution in [3.8, 4) is 0 Å². The zero-order valence-electron chi connectivity index (χ0n) is 5.87. The van der Waals surface area contributed by atoms with Crippen molar-refractivity contribution in [2.24, 2.45) is 0 Å². The number of halogens is 1. The summed E-state index contributed by atoms with van der Waals surface area (Å²) in [5.74, 6) is 0.361. The molecule has 0 saturated carbocycles. The summed E-state index contributed by atoms with van der Waals surface area (Å²) < 4.78 is 0. The lowest BCUT2D eigenvalue weighted by Gasteiger charge is -2.13. The Morgan fingerprint density at radius 3 is 3.25 bits per heavy atom. The second kappa shape index (κ2) is 2.91. The summed E-state index contributed by atoms with van der Waals surface area (Å²) in [5, 5.41) is 11.1. The highest BCUT2D eigenvalue weighted by molar-refractivity contribution is 8.00. The molecule has 62 valence electrons. The predicted octanol–water partition coefficient (Wildman–Crippen LogP) is 1.17. The van der Waals surface area contributed by atoms with Crippen LogP contribution in [0.15, 0.2) is 11.1 Å². The topological polar surface area (TPSA) is 54.9 Å². The molecule has 2 rings (SSSR count). The maximum atomic E-state index is 10.9. The lowest BCUT2D eigenvalue weighted by atomic mass is 10.4. The van der Waals surface area contributed by atoms with Gasteiger partial charge < -0.3 is 5.32 Å². The molecule has 1 aromatic heterocycles. The van der Waals surface area contributed by atoms with Gasteiger partial charge in [-0.25, -0.2) is 0 Å². The zero-order valence-corrected chi connectivity index (χ0v) is 7.45. The first kappa shape index (κ1) is 7.82. The monoisotopic (exact) mass is 201 g/mol. The smallest absolute Gasteiger partial charge is 0.234 e. The van der Waals surface area contributed by atoms with Gasteiger partial charge in [0, 0.05) is 6.07 Å². The van der Waals surface area contributed by atoms with Crippen molar-refractivity contribution in [1.29, 1.82) is 0 Å². The van der Waals surface area contributed by atoms with Crippen molar-refractivity contribution < 1.29 is 4.79 Å². The van der Waals surface area contributed by atoms with E-state index in [2.05, 4.69) is 15.5 Å². The van der Waals surface area contributed by atoms with Crippen LogP contribution in [0.4, 0.5) is 5.69 Å². The molecule has 0 radical (unpaired) electrons. The average Bonchev–Trinajstić information content (AvgIpc) is 2.03. The Bertz CT molecular complexity index is 344. The number of fused-ring (bicyclic) bond motifs is 1. The Morgan fingerprint density at radius 2 is 2.42 bits per heavy atom. The Balaban J connectivity index is 2.44. The van der Waals surface area contributed by atoms with Crippen molar-refractivity contribution in [3.63, 3.8) is 0 Å². The number of hydrogen-bond donors (Lipinski definition) is 1. The molecule has 0 fully saturated rings. The molecule has 0 spiro atoms. The fraction of sp³-hybridized carbons (Fsp3) is 0.167. The van der Waals surface area contributed by atoms with E-state index in [-0.39, 0.29) is 11.1 Å². The lowest BCUT2D eigenvalue weighted by molar-refractivity contribution is -0.113. The second-order valence-electron chi connectivity index (χ2n) is 2.22. The number of anilines is 1. The standard InChI is InChI=1S/C6H4ClN3OS/c7-4-1-3-6(10-9-4)12-2-5(11)8-3/h1H,2H2,(H,8,11). The van der Waals surface area contributed by atoms with Gasteiger partial charge in [0.15, 0.2) is 5.15 Å². The molecule has 0 atom stereocenters. The summed E-state index contributed by atoms with van der Waals surface area (Å²) >= 11 is 6.95. The first-order chi connectivity index (χ1) is 5.75. The van der Waals surface area contributed by atoms with Crippen molar-refractivity contribution in [1.82, 2.24) is 10.2 Å². The maximum absolute atomic E-state index is 10.9. The van der Waals surface area contributed by atoms with Gasteiger partial charge in [-0.05, 0) is 0 Å². The minimum Gasteiger partial charge on any atom is -0.323 e. The summed E-state index contributed by atoms with van der Waals surface area (Å²) in [5.41, 5.74) is 0.649. The molecule has 6 heteroatoms. The number of rotatable bonds is 0. The van der Waals surface area contributed by atoms with Crippen LogP contribution >= 0.6 is 23.4 Å². The minimum atomic E-state index is -0.0310. The third-order valence-electron chi connectivity index (χ3n) is 1.34. The fourth-order valence-corrected chi connectivity index (χ4v) is 1.72. The van der Waals surface area contributed by atoms with E-state index >= 15 is 0 Å². The molecule has 0 aliphatic carbocycles. The number of amides is 1. The molecule has 0 saturated heterocycles. The van der Waals surface area contributed by atoms with Gasteiger partial charge in [-0.15, -0.1) is 10.2 Å². The molecule has 0 aromatic carbocycles. The summed E-state index contributed by atoms with van der Waals surface area (Å²) in [6.07, 6.45) is 0. The number of carbonyl (C=O) groups excluding carboxylic acids is 1. The third kappa shape index (κ3) is 1.37. The van der Waals surface area contributed by atoms with Gasteiger partial charge in [-0.2, -0.15) is 0 Å². The van der Waals surface area contributed by atoms with Gasteiger partial charge in [0.2, 0.25) is 5.91 Å². The highest BCUT2D eigenvalue weighted by Gasteiger charge is 2.16. The summed E-state index contributed by atoms with van der Waals surface area (Å²) in [7, 11) is 0. The summed E-state index contributed by atoms with van der Waals surface area (Å²) in [6.45, 7) is 0. The van der Waals surface area contributed by atoms with E-state index < -0.39 is 0 Å². The quantitative estimate of drug-likeness (QED) is 0.685. The Kier molecular flexibility index (Phi) is 1.90. The summed E-state index contributed by atoms with van der Waals surface area (Å²) in [4.78, 5) is 10.9. The molecule has 1 aliphatic rings. The first-order valence-corrected chi connectivity index (χ1v) is 4.58. The van der Waals surface area contributed by atoms with Gasteiger partial charge in [-0.1, -0.05) is 23.4 Å². The molecule has 0 unspecified atom stereocenters. The highest BCUT2D eigenvalue weighted by atomic mass is 35.5. The highest BCUT2D eigenvalue weighted by Crippen LogP contribution is 2.29. The van der Waals surface area contributed by atoms with E-state index in [1.54, 1.807) is 6.07 Å². The van der Waals surface area contributed by atoms with Crippen LogP contribution in [0.1, 0.15) is 0 Å². The largest absolute Gasteiger partial charge is 0.323 e. The minimum absolute atomic E-state index is 0.0310. The maximum Gasteiger partial charge on any atom is 0.234 e. The van der Waals surface area contributed by atoms with E-state index in [9.17, 15) is 4.79 Å². The Morgan fingerprint density at radius 1 is 1.58 bits per heavy atom. The molecule has 12 heavy (non-hydrogen) atoms. The van der Waals surface area contributed by atoms with Crippen molar-refractivity contribution in [2.75, 3.05) is 11.1 Å². The van der Waals surface area contributed by atoms with Gasteiger partial charge in [0.05, 0.1) is 11.4 Å². The summed E-state index contributed by atoms with van der Waals surface area (Å²) in [6, 6.07) is 1.59. The van der Waals surface area contributed by atoms with Crippen LogP contribution in [0.25, 0.3) is 0 Å². The fourth-order valence-electron chi connectivity index (χ4n) is 0.873. The van der Waals surface area contributed by atoms with E-state index in [4.69, 9.17) is 11.6 Å². The SMILES string of the molecule is O=C1CSc2nnc(Cl)cc2N1. The van der Waals surface area contributed by atoms with Crippen LogP contribution in [0.5, 0.6) is 0 Å². The van der Waals surface area contributed by atoms with E-state index in [1.807, 2.05) is 0 Å². The number of carbonyl (C=O) groups is 1. The zero-order chi connectivity index (χ0) is 8.55. The average molecular weight is 202 g/mol. The van der Waals surface area contributed by atoms with Gasteiger partial charge >= 0.3 is 0 Å². The van der Waals surface area contributed by atoms with Crippen molar-refractivity contribution in [3.05, 3.63) is 11.2 Å². The molecule has 0 bridgehead atoms. The third-order valence-corrected chi connectivity index (χ3v) is 2.51. The van der Waals surface area contributed by atoms with Crippen LogP contribution in [0, 0.1) is 0 Å². The molecule has 4 nitrogen and oxygen atoms in total. The number of aromatic nitrogens is 2. The lowest BCUT2D eigenvalue weighted by Crippen LogP contribution is -2.19. The van der Waals surface area contributed by atoms with Crippen LogP contribution < -0.4 is 5.32 Å². The van der Waals surface area contributed by atoms with Crippen LogP contribution in [0.3, 0.4) is 0 Å². The normalized spacial score (nSPS) is 15.2. The molecular weight excluding hydrogens is 198 g/mol. The molecule has 1 amide bonds. The molecule has 1 aliphatic heterocycles. The van der Waals surface area contributed by atoms with Crippen LogP contribution in [-0.4, -0.2) is 21.9 Å². The molecular formula is C6H4ClN3OS. The Hall–Kier alpha value is -0.810. The number of thioether (sulfide) groups is 1. The van der Waals surface area contributed by atoms with Gasteiger partial charge in [-0.3, -0.25) is 4.79 Å². The second-order valence-corrected chi connectivity index (χ2v) is 3.57. The van der Waals surface area contributed by atoms with E-state index in [1.165, 1.54) is 11.8 Å². The predicted molar refractivity (Wildman–Crippen MR) is 46.4 cm³/mol. The first-order valence-electron chi connectivity index (χ1n) is 3.21. The van der Waals surface area contributed by atoms with Crippen molar-refractivity contribution in [2.45, 2.75) is 5.03 Å². The van der Waals surface area contributed by atoms with Crippen LogP contribution in [-0.2, 0) is 4.79 Å². The molecule has 2 heterocycles. The number of hydrogen-bond acceptors (Lipinski definition) is 4. The van der Waals surface area contributed by atoms with Crippen LogP contribution in [0.2, 0.25) is 5.15 Å². The number of nitrogens with zero attached hydrogens (tertiary/aromatic N) is 2. The van der Waals surface area contributed by atoms with Crippen molar-refractivity contribution >= 4 is 35.0 Å². The molecule has 1 aromatic rings.